The highest BCUT2D eigenvalue weighted by atomic mass is 35.5. The summed E-state index contributed by atoms with van der Waals surface area (Å²) in [5, 5.41) is 0.0641. The zero-order valence-electron chi connectivity index (χ0n) is 11.1. The van der Waals surface area contributed by atoms with Gasteiger partial charge in [-0.2, -0.15) is 0 Å². The van der Waals surface area contributed by atoms with E-state index in [0.29, 0.717) is 11.6 Å². The van der Waals surface area contributed by atoms with Crippen LogP contribution in [0, 0.1) is 5.82 Å². The molecule has 1 heterocycles. The summed E-state index contributed by atoms with van der Waals surface area (Å²) < 4.78 is 18.7. The maximum absolute atomic E-state index is 13.3. The lowest BCUT2D eigenvalue weighted by molar-refractivity contribution is 0.457. The molecule has 0 fully saturated rings. The van der Waals surface area contributed by atoms with Gasteiger partial charge in [0.1, 0.15) is 11.6 Å². The quantitative estimate of drug-likeness (QED) is 0.908. The Morgan fingerprint density at radius 2 is 2.15 bits per heavy atom. The smallest absolute Gasteiger partial charge is 0.219 e. The first-order valence-corrected chi connectivity index (χ1v) is 6.79. The molecule has 0 aliphatic carbocycles. The number of hydrogen-bond acceptors (Lipinski definition) is 3. The van der Waals surface area contributed by atoms with Gasteiger partial charge >= 0.3 is 0 Å². The van der Waals surface area contributed by atoms with Crippen molar-refractivity contribution in [3.8, 4) is 11.6 Å². The highest BCUT2D eigenvalue weighted by Crippen LogP contribution is 2.24. The summed E-state index contributed by atoms with van der Waals surface area (Å²) >= 11 is 5.61. The zero-order chi connectivity index (χ0) is 14.5. The first-order valence-electron chi connectivity index (χ1n) is 6.42. The average Bonchev–Trinajstić information content (AvgIpc) is 2.45. The monoisotopic (exact) mass is 294 g/mol. The molecule has 106 valence electrons. The van der Waals surface area contributed by atoms with Gasteiger partial charge in [0.25, 0.3) is 0 Å². The number of benzene rings is 1. The number of nitrogens with zero attached hydrogens (tertiary/aromatic N) is 1. The number of halogens is 2. The Hall–Kier alpha value is -1.65. The summed E-state index contributed by atoms with van der Waals surface area (Å²) in [4.78, 5) is 4.18. The minimum absolute atomic E-state index is 0.0641. The van der Waals surface area contributed by atoms with E-state index < -0.39 is 5.82 Å². The SMILES string of the molecule is CCC(N)Cc1ccc(Oc2ccc(Cl)c(F)c2)nc1. The lowest BCUT2D eigenvalue weighted by atomic mass is 10.1. The Kier molecular flexibility index (Phi) is 4.93. The molecule has 0 aliphatic rings. The molecule has 0 amide bonds. The van der Waals surface area contributed by atoms with E-state index in [1.54, 1.807) is 18.3 Å². The molecule has 0 aliphatic heterocycles. The van der Waals surface area contributed by atoms with E-state index >= 15 is 0 Å². The molecular weight excluding hydrogens is 279 g/mol. The maximum Gasteiger partial charge on any atom is 0.219 e. The predicted octanol–water partition coefficient (Wildman–Crippen LogP) is 3.95. The number of pyridine rings is 1. The van der Waals surface area contributed by atoms with Gasteiger partial charge < -0.3 is 10.5 Å². The van der Waals surface area contributed by atoms with E-state index in [4.69, 9.17) is 22.1 Å². The molecule has 1 unspecified atom stereocenters. The Bertz CT molecular complexity index is 575. The van der Waals surface area contributed by atoms with Crippen LogP contribution in [0.4, 0.5) is 4.39 Å². The first kappa shape index (κ1) is 14.8. The van der Waals surface area contributed by atoms with Crippen molar-refractivity contribution in [2.24, 2.45) is 5.73 Å². The van der Waals surface area contributed by atoms with Crippen LogP contribution in [-0.4, -0.2) is 11.0 Å². The van der Waals surface area contributed by atoms with Gasteiger partial charge in [-0.3, -0.25) is 0 Å². The zero-order valence-corrected chi connectivity index (χ0v) is 11.9. The molecule has 20 heavy (non-hydrogen) atoms. The van der Waals surface area contributed by atoms with Crippen molar-refractivity contribution in [1.82, 2.24) is 4.98 Å². The first-order chi connectivity index (χ1) is 9.58. The molecule has 0 saturated heterocycles. The van der Waals surface area contributed by atoms with Crippen LogP contribution < -0.4 is 10.5 Å². The topological polar surface area (TPSA) is 48.1 Å². The molecule has 3 nitrogen and oxygen atoms in total. The van der Waals surface area contributed by atoms with Crippen LogP contribution in [-0.2, 0) is 6.42 Å². The van der Waals surface area contributed by atoms with Gasteiger partial charge in [0, 0.05) is 24.4 Å². The fraction of sp³-hybridized carbons (Fsp3) is 0.267. The number of hydrogen-bond donors (Lipinski definition) is 1. The summed E-state index contributed by atoms with van der Waals surface area (Å²) in [5.41, 5.74) is 6.93. The van der Waals surface area contributed by atoms with Crippen LogP contribution in [0.2, 0.25) is 5.02 Å². The van der Waals surface area contributed by atoms with Crippen LogP contribution in [0.15, 0.2) is 36.5 Å². The lowest BCUT2D eigenvalue weighted by Crippen LogP contribution is -2.21. The molecule has 0 radical (unpaired) electrons. The van der Waals surface area contributed by atoms with Crippen LogP contribution in [0.25, 0.3) is 0 Å². The van der Waals surface area contributed by atoms with E-state index in [9.17, 15) is 4.39 Å². The minimum Gasteiger partial charge on any atom is -0.439 e. The lowest BCUT2D eigenvalue weighted by Gasteiger charge is -2.09. The highest BCUT2D eigenvalue weighted by Gasteiger charge is 2.05. The fourth-order valence-corrected chi connectivity index (χ4v) is 1.82. The van der Waals surface area contributed by atoms with Gasteiger partial charge in [0.05, 0.1) is 5.02 Å². The molecule has 5 heteroatoms. The molecule has 0 saturated carbocycles. The molecule has 2 rings (SSSR count). The highest BCUT2D eigenvalue weighted by molar-refractivity contribution is 6.30. The second-order valence-corrected chi connectivity index (χ2v) is 4.96. The van der Waals surface area contributed by atoms with Gasteiger partial charge in [-0.15, -0.1) is 0 Å². The van der Waals surface area contributed by atoms with Crippen LogP contribution in [0.3, 0.4) is 0 Å². The Morgan fingerprint density at radius 3 is 2.75 bits per heavy atom. The third-order valence-corrected chi connectivity index (χ3v) is 3.24. The molecule has 1 aromatic heterocycles. The summed E-state index contributed by atoms with van der Waals surface area (Å²) in [6, 6.07) is 8.04. The Labute approximate surface area is 122 Å². The number of rotatable bonds is 5. The molecule has 1 aromatic carbocycles. The maximum atomic E-state index is 13.3. The van der Waals surface area contributed by atoms with E-state index in [-0.39, 0.29) is 11.1 Å². The van der Waals surface area contributed by atoms with E-state index in [1.807, 2.05) is 13.0 Å². The Morgan fingerprint density at radius 1 is 1.35 bits per heavy atom. The number of nitrogens with two attached hydrogens (primary N) is 1. The summed E-state index contributed by atoms with van der Waals surface area (Å²) in [6.45, 7) is 2.05. The van der Waals surface area contributed by atoms with Crippen molar-refractivity contribution in [2.45, 2.75) is 25.8 Å². The van der Waals surface area contributed by atoms with E-state index in [0.717, 1.165) is 18.4 Å². The van der Waals surface area contributed by atoms with Gasteiger partial charge in [0.2, 0.25) is 5.88 Å². The van der Waals surface area contributed by atoms with Crippen molar-refractivity contribution in [1.29, 1.82) is 0 Å². The molecule has 2 N–H and O–H groups in total. The van der Waals surface area contributed by atoms with E-state index in [1.165, 1.54) is 12.1 Å². The van der Waals surface area contributed by atoms with Gasteiger partial charge in [-0.25, -0.2) is 9.37 Å². The summed E-state index contributed by atoms with van der Waals surface area (Å²) in [6.07, 6.45) is 3.42. The third-order valence-electron chi connectivity index (χ3n) is 2.93. The van der Waals surface area contributed by atoms with Crippen LogP contribution in [0.1, 0.15) is 18.9 Å². The molecule has 0 spiro atoms. The average molecular weight is 295 g/mol. The third kappa shape index (κ3) is 3.92. The summed E-state index contributed by atoms with van der Waals surface area (Å²) in [7, 11) is 0. The fourth-order valence-electron chi connectivity index (χ4n) is 1.70. The largest absolute Gasteiger partial charge is 0.439 e. The van der Waals surface area contributed by atoms with Crippen molar-refractivity contribution >= 4 is 11.6 Å². The summed E-state index contributed by atoms with van der Waals surface area (Å²) in [5.74, 6) is 0.243. The molecule has 2 aromatic rings. The van der Waals surface area contributed by atoms with Gasteiger partial charge in [-0.1, -0.05) is 24.6 Å². The Balaban J connectivity index is 2.04. The minimum atomic E-state index is -0.519. The second kappa shape index (κ2) is 6.68. The van der Waals surface area contributed by atoms with Crippen molar-refractivity contribution in [3.63, 3.8) is 0 Å². The van der Waals surface area contributed by atoms with Gasteiger partial charge in [0.15, 0.2) is 0 Å². The molecular formula is C15H16ClFN2O. The number of ether oxygens (including phenoxy) is 1. The second-order valence-electron chi connectivity index (χ2n) is 4.56. The van der Waals surface area contributed by atoms with Crippen molar-refractivity contribution in [3.05, 3.63) is 52.9 Å². The molecule has 0 bridgehead atoms. The standard InChI is InChI=1S/C15H16ClFN2O/c1-2-11(18)7-10-3-6-15(19-9-10)20-12-4-5-13(16)14(17)8-12/h3-6,8-9,11H,2,7,18H2,1H3. The molecule has 1 atom stereocenters. The van der Waals surface area contributed by atoms with Gasteiger partial charge in [-0.05, 0) is 30.5 Å². The predicted molar refractivity (Wildman–Crippen MR) is 77.7 cm³/mol. The van der Waals surface area contributed by atoms with Crippen LogP contribution >= 0.6 is 11.6 Å². The number of aromatic nitrogens is 1. The van der Waals surface area contributed by atoms with Crippen molar-refractivity contribution < 1.29 is 9.13 Å². The normalized spacial score (nSPS) is 12.2. The van der Waals surface area contributed by atoms with Crippen LogP contribution in [0.5, 0.6) is 11.6 Å². The van der Waals surface area contributed by atoms with E-state index in [2.05, 4.69) is 4.98 Å². The van der Waals surface area contributed by atoms with Crippen molar-refractivity contribution in [2.75, 3.05) is 0 Å².